The van der Waals surface area contributed by atoms with Crippen LogP contribution >= 0.6 is 23.2 Å². The third-order valence-corrected chi connectivity index (χ3v) is 8.85. The van der Waals surface area contributed by atoms with Gasteiger partial charge in [0.25, 0.3) is 0 Å². The minimum Gasteiger partial charge on any atom is -0.481 e. The number of carbonyl (C=O) groups excluding carboxylic acids is 1. The first-order valence-corrected chi connectivity index (χ1v) is 16.2. The number of anilines is 1. The topological polar surface area (TPSA) is 111 Å². The van der Waals surface area contributed by atoms with Crippen LogP contribution in [0.2, 0.25) is 10.0 Å². The summed E-state index contributed by atoms with van der Waals surface area (Å²) in [6, 6.07) is 13.5. The average molecular weight is 656 g/mol. The van der Waals surface area contributed by atoms with E-state index >= 15 is 0 Å². The van der Waals surface area contributed by atoms with E-state index in [4.69, 9.17) is 38.0 Å². The number of carboxylic acids is 1. The van der Waals surface area contributed by atoms with Crippen molar-refractivity contribution < 1.29 is 19.4 Å². The number of nitrogens with one attached hydrogen (secondary N) is 1. The molecule has 2 fully saturated rings. The SMILES string of the molecule is CC(=O)NCC1CCN(Cc2cc(Oc3ccc(N4CCN(CCC(=O)O)[C@@H](C)C4)nc3)nc(-c3cc(Cl)cc(Cl)c3)c2)CC1. The van der Waals surface area contributed by atoms with E-state index in [0.717, 1.165) is 75.6 Å². The Morgan fingerprint density at radius 3 is 2.44 bits per heavy atom. The standard InChI is InChI=1S/C33H40Cl2N6O4/c1-22-20-41(12-11-40(22)10-7-33(43)44)31-4-3-29(19-37-31)45-32-14-25(13-30(38-32)26-15-27(34)17-28(35)16-26)21-39-8-5-24(6-9-39)18-36-23(2)42/h3-4,13-17,19,22,24H,5-12,18,20-21H2,1-2H3,(H,36,42)(H,43,44)/t22-/m0/s1. The molecule has 5 rings (SSSR count). The number of piperidine rings is 1. The molecular weight excluding hydrogens is 615 g/mol. The van der Waals surface area contributed by atoms with E-state index < -0.39 is 5.97 Å². The number of amides is 1. The zero-order chi connectivity index (χ0) is 31.9. The fraction of sp³-hybridized carbons (Fsp3) is 0.455. The maximum atomic E-state index is 11.3. The minimum atomic E-state index is -0.773. The summed E-state index contributed by atoms with van der Waals surface area (Å²) in [6.45, 7) is 9.91. The average Bonchev–Trinajstić information content (AvgIpc) is 3.00. The van der Waals surface area contributed by atoms with Crippen molar-refractivity contribution in [1.29, 1.82) is 0 Å². The van der Waals surface area contributed by atoms with E-state index in [1.54, 1.807) is 19.2 Å². The van der Waals surface area contributed by atoms with E-state index in [1.165, 1.54) is 0 Å². The van der Waals surface area contributed by atoms with Crippen LogP contribution in [0.15, 0.2) is 48.7 Å². The molecule has 4 heterocycles. The molecule has 0 bridgehead atoms. The summed E-state index contributed by atoms with van der Waals surface area (Å²) in [7, 11) is 0. The lowest BCUT2D eigenvalue weighted by atomic mass is 9.96. The molecule has 2 aliphatic rings. The first kappa shape index (κ1) is 32.9. The van der Waals surface area contributed by atoms with Crippen molar-refractivity contribution in [2.45, 2.75) is 45.7 Å². The van der Waals surface area contributed by atoms with Crippen LogP contribution in [-0.2, 0) is 16.1 Å². The second-order valence-corrected chi connectivity index (χ2v) is 12.8. The third-order valence-electron chi connectivity index (χ3n) is 8.42. The highest BCUT2D eigenvalue weighted by Crippen LogP contribution is 2.31. The highest BCUT2D eigenvalue weighted by atomic mass is 35.5. The highest BCUT2D eigenvalue weighted by molar-refractivity contribution is 6.35. The molecule has 2 saturated heterocycles. The molecule has 2 aliphatic heterocycles. The summed E-state index contributed by atoms with van der Waals surface area (Å²) in [5.41, 5.74) is 2.58. The number of likely N-dealkylation sites (tertiary alicyclic amines) is 1. The van der Waals surface area contributed by atoms with Crippen LogP contribution in [0.3, 0.4) is 0 Å². The lowest BCUT2D eigenvalue weighted by molar-refractivity contribution is -0.137. The number of carbonyl (C=O) groups is 2. The molecule has 2 aromatic heterocycles. The van der Waals surface area contributed by atoms with Crippen molar-refractivity contribution >= 4 is 40.9 Å². The third kappa shape index (κ3) is 9.53. The fourth-order valence-electron chi connectivity index (χ4n) is 5.96. The van der Waals surface area contributed by atoms with Crippen molar-refractivity contribution in [3.63, 3.8) is 0 Å². The number of halogens is 2. The minimum absolute atomic E-state index is 0.0163. The molecule has 10 nitrogen and oxygen atoms in total. The van der Waals surface area contributed by atoms with Gasteiger partial charge in [0.15, 0.2) is 0 Å². The van der Waals surface area contributed by atoms with Crippen LogP contribution < -0.4 is 15.0 Å². The van der Waals surface area contributed by atoms with E-state index in [0.29, 0.717) is 39.8 Å². The van der Waals surface area contributed by atoms with E-state index in [9.17, 15) is 9.59 Å². The lowest BCUT2D eigenvalue weighted by Gasteiger charge is -2.40. The first-order chi connectivity index (χ1) is 21.6. The molecule has 240 valence electrons. The Balaban J connectivity index is 1.28. The van der Waals surface area contributed by atoms with Gasteiger partial charge in [-0.05, 0) is 80.7 Å². The van der Waals surface area contributed by atoms with Gasteiger partial charge in [-0.2, -0.15) is 0 Å². The van der Waals surface area contributed by atoms with Crippen LogP contribution in [0.25, 0.3) is 11.3 Å². The van der Waals surface area contributed by atoms with Crippen molar-refractivity contribution in [1.82, 2.24) is 25.1 Å². The highest BCUT2D eigenvalue weighted by Gasteiger charge is 2.25. The smallest absolute Gasteiger partial charge is 0.304 e. The van der Waals surface area contributed by atoms with Gasteiger partial charge in [-0.1, -0.05) is 23.2 Å². The largest absolute Gasteiger partial charge is 0.481 e. The van der Waals surface area contributed by atoms with Crippen molar-refractivity contribution in [3.8, 4) is 22.9 Å². The molecule has 2 N–H and O–H groups in total. The number of hydrogen-bond acceptors (Lipinski definition) is 8. The Bertz CT molecular complexity index is 1460. The summed E-state index contributed by atoms with van der Waals surface area (Å²) >= 11 is 12.7. The Morgan fingerprint density at radius 2 is 1.80 bits per heavy atom. The van der Waals surface area contributed by atoms with E-state index in [2.05, 4.69) is 38.0 Å². The first-order valence-electron chi connectivity index (χ1n) is 15.4. The molecule has 1 amide bonds. The Hall–Kier alpha value is -3.44. The maximum absolute atomic E-state index is 11.3. The second-order valence-electron chi connectivity index (χ2n) is 11.9. The number of pyridine rings is 2. The number of rotatable bonds is 11. The number of nitrogens with zero attached hydrogens (tertiary/aromatic N) is 5. The summed E-state index contributed by atoms with van der Waals surface area (Å²) < 4.78 is 6.26. The van der Waals surface area contributed by atoms with Crippen LogP contribution in [0.4, 0.5) is 5.82 Å². The van der Waals surface area contributed by atoms with Gasteiger partial charge in [-0.25, -0.2) is 9.97 Å². The van der Waals surface area contributed by atoms with Gasteiger partial charge in [-0.15, -0.1) is 0 Å². The predicted octanol–water partition coefficient (Wildman–Crippen LogP) is 5.58. The fourth-order valence-corrected chi connectivity index (χ4v) is 6.49. The summed E-state index contributed by atoms with van der Waals surface area (Å²) in [5.74, 6) is 1.61. The molecule has 1 aromatic carbocycles. The second kappa shape index (κ2) is 15.2. The molecule has 3 aromatic rings. The number of aliphatic carboxylic acids is 1. The molecule has 1 atom stereocenters. The lowest BCUT2D eigenvalue weighted by Crippen LogP contribution is -2.52. The normalized spacial score (nSPS) is 18.1. The molecule has 0 saturated carbocycles. The molecule has 12 heteroatoms. The number of aromatic nitrogens is 2. The number of carboxylic acid groups (broad SMARTS) is 1. The van der Waals surface area contributed by atoms with Gasteiger partial charge < -0.3 is 20.1 Å². The van der Waals surface area contributed by atoms with Gasteiger partial charge in [0.2, 0.25) is 11.8 Å². The van der Waals surface area contributed by atoms with Crippen molar-refractivity contribution in [2.24, 2.45) is 5.92 Å². The van der Waals surface area contributed by atoms with Crippen molar-refractivity contribution in [2.75, 3.05) is 50.7 Å². The monoisotopic (exact) mass is 654 g/mol. The zero-order valence-corrected chi connectivity index (χ0v) is 27.2. The van der Waals surface area contributed by atoms with Gasteiger partial charge in [0.05, 0.1) is 18.3 Å². The molecule has 0 spiro atoms. The summed E-state index contributed by atoms with van der Waals surface area (Å²) in [5, 5.41) is 13.0. The van der Waals surface area contributed by atoms with Gasteiger partial charge in [-0.3, -0.25) is 19.4 Å². The Morgan fingerprint density at radius 1 is 1.04 bits per heavy atom. The Labute approximate surface area is 274 Å². The van der Waals surface area contributed by atoms with Gasteiger partial charge >= 0.3 is 5.97 Å². The number of benzene rings is 1. The van der Waals surface area contributed by atoms with Crippen LogP contribution in [-0.4, -0.2) is 88.6 Å². The molecule has 0 aliphatic carbocycles. The quantitative estimate of drug-likeness (QED) is 0.274. The van der Waals surface area contributed by atoms with Crippen LogP contribution in [0, 0.1) is 5.92 Å². The number of piperazine rings is 1. The van der Waals surface area contributed by atoms with Crippen molar-refractivity contribution in [3.05, 3.63) is 64.3 Å². The van der Waals surface area contributed by atoms with Crippen LogP contribution in [0.5, 0.6) is 11.6 Å². The summed E-state index contributed by atoms with van der Waals surface area (Å²) in [6.07, 6.45) is 3.91. The number of ether oxygens (including phenoxy) is 1. The molecule has 0 unspecified atom stereocenters. The predicted molar refractivity (Wildman–Crippen MR) is 176 cm³/mol. The van der Waals surface area contributed by atoms with E-state index in [-0.39, 0.29) is 18.4 Å². The summed E-state index contributed by atoms with van der Waals surface area (Å²) in [4.78, 5) is 38.6. The van der Waals surface area contributed by atoms with Gasteiger partial charge in [0, 0.05) is 73.9 Å². The number of hydrogen-bond donors (Lipinski definition) is 2. The van der Waals surface area contributed by atoms with Crippen LogP contribution in [0.1, 0.15) is 38.7 Å². The zero-order valence-electron chi connectivity index (χ0n) is 25.7. The van der Waals surface area contributed by atoms with Gasteiger partial charge in [0.1, 0.15) is 11.6 Å². The Kier molecular flexibility index (Phi) is 11.1. The van der Waals surface area contributed by atoms with E-state index in [1.807, 2.05) is 30.3 Å². The molecule has 45 heavy (non-hydrogen) atoms. The maximum Gasteiger partial charge on any atom is 0.304 e. The molecular formula is C33H40Cl2N6O4. The molecule has 0 radical (unpaired) electrons.